The van der Waals surface area contributed by atoms with Gasteiger partial charge in [0, 0.05) is 18.3 Å². The summed E-state index contributed by atoms with van der Waals surface area (Å²) in [5.41, 5.74) is 0. The molecule has 0 heterocycles. The molecule has 0 fully saturated rings. The molecular weight excluding hydrogens is 222 g/mol. The van der Waals surface area contributed by atoms with E-state index in [1.54, 1.807) is 0 Å². The van der Waals surface area contributed by atoms with Gasteiger partial charge in [0.1, 0.15) is 0 Å². The summed E-state index contributed by atoms with van der Waals surface area (Å²) >= 11 is 0. The smallest absolute Gasteiger partial charge is 0.672 e. The van der Waals surface area contributed by atoms with E-state index in [1.807, 2.05) is 0 Å². The Hall–Kier alpha value is 0.948. The molecule has 0 aromatic rings. The first-order valence-electron chi connectivity index (χ1n) is 1.22. The summed E-state index contributed by atoms with van der Waals surface area (Å²) in [4.78, 5) is 34.1. The standard InChI is InChI=1S/Fe.2Li.2O3Si/c;;;2*1-4(2)3/q+2;2*+1;2*-2. The predicted octanol–water partition coefficient (Wildman–Crippen LogP) is -11.7. The molecule has 6 nitrogen and oxygen atoms in total. The second-order valence-corrected chi connectivity index (χ2v) is 1.50. The largest absolute Gasteiger partial charge is 2.00 e. The summed E-state index contributed by atoms with van der Waals surface area (Å²) in [5, 5.41) is 0. The Balaban J connectivity index is -0.0000000171. The molecule has 0 saturated heterocycles. The van der Waals surface area contributed by atoms with E-state index in [0.29, 0.717) is 0 Å². The molecule has 54 valence electrons. The first kappa shape index (κ1) is 29.7. The Morgan fingerprint density at radius 2 is 0.727 bits per heavy atom. The maximum atomic E-state index is 8.52. The third-order valence-corrected chi connectivity index (χ3v) is 0. The molecule has 0 aromatic carbocycles. The van der Waals surface area contributed by atoms with Crippen molar-refractivity contribution in [3.05, 3.63) is 0 Å². The summed E-state index contributed by atoms with van der Waals surface area (Å²) in [6.45, 7) is 0. The molecule has 11 heavy (non-hydrogen) atoms. The SMILES string of the molecule is O=[Si]([O-])[O-].O=[Si]([O-])[O-].[Fe+2].[Li+].[Li+]. The summed E-state index contributed by atoms with van der Waals surface area (Å²) in [7, 11) is -7.26. The Bertz CT molecular complexity index is 76.6. The molecular formula is FeLi2O6Si2. The molecule has 0 aromatic heterocycles. The van der Waals surface area contributed by atoms with Crippen LogP contribution in [-0.2, 0) is 26.0 Å². The van der Waals surface area contributed by atoms with Gasteiger partial charge in [-0.05, 0) is 0 Å². The normalized spacial score (nSPS) is 4.36. The fourth-order valence-corrected chi connectivity index (χ4v) is 0. The zero-order valence-corrected chi connectivity index (χ0v) is 8.91. The van der Waals surface area contributed by atoms with Gasteiger partial charge < -0.3 is 28.1 Å². The van der Waals surface area contributed by atoms with E-state index in [9.17, 15) is 0 Å². The van der Waals surface area contributed by atoms with Crippen molar-refractivity contribution >= 4 is 18.3 Å². The Kier molecular flexibility index (Phi) is 60.5. The van der Waals surface area contributed by atoms with Crippen LogP contribution in [0.1, 0.15) is 0 Å². The topological polar surface area (TPSA) is 126 Å². The van der Waals surface area contributed by atoms with Gasteiger partial charge in [-0.3, -0.25) is 0 Å². The van der Waals surface area contributed by atoms with Crippen LogP contribution < -0.4 is 56.9 Å². The van der Waals surface area contributed by atoms with Crippen LogP contribution in [0.25, 0.3) is 0 Å². The molecule has 11 heteroatoms. The molecule has 0 spiro atoms. The Morgan fingerprint density at radius 3 is 0.727 bits per heavy atom. The number of hydrogen-bond acceptors (Lipinski definition) is 6. The average molecular weight is 222 g/mol. The van der Waals surface area contributed by atoms with Crippen molar-refractivity contribution in [3.8, 4) is 0 Å². The van der Waals surface area contributed by atoms with E-state index in [2.05, 4.69) is 0 Å². The zero-order chi connectivity index (χ0) is 7.15. The summed E-state index contributed by atoms with van der Waals surface area (Å²) in [5.74, 6) is 0. The maximum Gasteiger partial charge on any atom is 2.00 e. The molecule has 0 aliphatic heterocycles. The van der Waals surface area contributed by atoms with Gasteiger partial charge >= 0.3 is 54.8 Å². The van der Waals surface area contributed by atoms with Gasteiger partial charge in [0.05, 0.1) is 0 Å². The molecule has 0 aliphatic rings. The molecule has 0 N–H and O–H groups in total. The molecule has 0 atom stereocenters. The van der Waals surface area contributed by atoms with E-state index in [0.717, 1.165) is 0 Å². The van der Waals surface area contributed by atoms with Crippen LogP contribution in [-0.4, -0.2) is 18.3 Å². The minimum absolute atomic E-state index is 0. The van der Waals surface area contributed by atoms with Crippen LogP contribution in [0.4, 0.5) is 0 Å². The summed E-state index contributed by atoms with van der Waals surface area (Å²) in [6.07, 6.45) is 0. The fourth-order valence-electron chi connectivity index (χ4n) is 0. The van der Waals surface area contributed by atoms with Gasteiger partial charge in [-0.1, -0.05) is 0 Å². The Labute approximate surface area is 101 Å². The van der Waals surface area contributed by atoms with Crippen LogP contribution in [0.2, 0.25) is 0 Å². The fraction of sp³-hybridized carbons (Fsp3) is 0. The van der Waals surface area contributed by atoms with Crippen molar-refractivity contribution in [2.45, 2.75) is 0 Å². The zero-order valence-electron chi connectivity index (χ0n) is 5.80. The second-order valence-electron chi connectivity index (χ2n) is 0.500. The quantitative estimate of drug-likeness (QED) is 0.374. The summed E-state index contributed by atoms with van der Waals surface area (Å²) in [6, 6.07) is 0. The van der Waals surface area contributed by atoms with Crippen molar-refractivity contribution in [1.29, 1.82) is 0 Å². The Morgan fingerprint density at radius 1 is 0.727 bits per heavy atom. The van der Waals surface area contributed by atoms with E-state index in [-0.39, 0.29) is 54.8 Å². The minimum Gasteiger partial charge on any atom is -0.672 e. The molecule has 0 unspecified atom stereocenters. The average Bonchev–Trinajstić information content (AvgIpc) is 1.25. The van der Waals surface area contributed by atoms with Crippen molar-refractivity contribution < 1.29 is 82.9 Å². The van der Waals surface area contributed by atoms with Gasteiger partial charge in [0.15, 0.2) is 0 Å². The molecule has 0 aliphatic carbocycles. The van der Waals surface area contributed by atoms with Gasteiger partial charge in [-0.2, -0.15) is 0 Å². The van der Waals surface area contributed by atoms with Gasteiger partial charge in [-0.25, -0.2) is 0 Å². The van der Waals surface area contributed by atoms with Crippen molar-refractivity contribution in [2.75, 3.05) is 0 Å². The first-order chi connectivity index (χ1) is 3.46. The summed E-state index contributed by atoms with van der Waals surface area (Å²) < 4.78 is 17.0. The number of rotatable bonds is 0. The predicted molar refractivity (Wildman–Crippen MR) is 12.9 cm³/mol. The maximum absolute atomic E-state index is 8.52. The van der Waals surface area contributed by atoms with E-state index in [4.69, 9.17) is 28.1 Å². The van der Waals surface area contributed by atoms with Gasteiger partial charge in [0.2, 0.25) is 0 Å². The van der Waals surface area contributed by atoms with Crippen LogP contribution in [0.5, 0.6) is 0 Å². The molecule has 0 radical (unpaired) electrons. The van der Waals surface area contributed by atoms with Crippen molar-refractivity contribution in [2.24, 2.45) is 0 Å². The van der Waals surface area contributed by atoms with Crippen LogP contribution in [0, 0.1) is 0 Å². The number of hydrogen-bond donors (Lipinski definition) is 0. The minimum atomic E-state index is -3.63. The van der Waals surface area contributed by atoms with Crippen molar-refractivity contribution in [3.63, 3.8) is 0 Å². The molecule has 0 rings (SSSR count). The first-order valence-corrected chi connectivity index (χ1v) is 3.67. The molecule has 0 amide bonds. The van der Waals surface area contributed by atoms with Crippen molar-refractivity contribution in [1.82, 2.24) is 0 Å². The third-order valence-electron chi connectivity index (χ3n) is 0. The van der Waals surface area contributed by atoms with Gasteiger partial charge in [0.25, 0.3) is 0 Å². The monoisotopic (exact) mass is 222 g/mol. The van der Waals surface area contributed by atoms with Crippen LogP contribution in [0.15, 0.2) is 0 Å². The second kappa shape index (κ2) is 22.4. The van der Waals surface area contributed by atoms with E-state index in [1.165, 1.54) is 0 Å². The molecule has 0 saturated carbocycles. The van der Waals surface area contributed by atoms with Crippen LogP contribution >= 0.6 is 0 Å². The van der Waals surface area contributed by atoms with Gasteiger partial charge in [-0.15, -0.1) is 0 Å². The van der Waals surface area contributed by atoms with E-state index >= 15 is 0 Å². The van der Waals surface area contributed by atoms with Crippen LogP contribution in [0.3, 0.4) is 0 Å². The molecule has 0 bridgehead atoms. The third kappa shape index (κ3) is 975. The van der Waals surface area contributed by atoms with E-state index < -0.39 is 18.3 Å².